The Balaban J connectivity index is 1.21. The third kappa shape index (κ3) is 5.52. The molecule has 1 amide bonds. The second kappa shape index (κ2) is 11.5. The molecule has 0 spiro atoms. The Labute approximate surface area is 230 Å². The minimum Gasteiger partial charge on any atom is -0.370 e. The number of hydrogen-bond donors (Lipinski definition) is 0. The van der Waals surface area contributed by atoms with E-state index in [4.69, 9.17) is 11.6 Å². The van der Waals surface area contributed by atoms with Gasteiger partial charge in [0.2, 0.25) is 0 Å². The smallest absolute Gasteiger partial charge is 0.270 e. The number of hydrogen-bond acceptors (Lipinski definition) is 5. The van der Waals surface area contributed by atoms with Crippen LogP contribution in [0, 0.1) is 18.3 Å². The van der Waals surface area contributed by atoms with Crippen LogP contribution in [-0.4, -0.2) is 72.6 Å². The van der Waals surface area contributed by atoms with Crippen molar-refractivity contribution in [1.29, 1.82) is 5.26 Å². The first-order valence-corrected chi connectivity index (χ1v) is 13.7. The van der Waals surface area contributed by atoms with Crippen molar-refractivity contribution in [1.82, 2.24) is 14.4 Å². The van der Waals surface area contributed by atoms with Crippen LogP contribution in [0.3, 0.4) is 0 Å². The number of amides is 1. The number of nitriles is 1. The highest BCUT2D eigenvalue weighted by Gasteiger charge is 2.26. The van der Waals surface area contributed by atoms with Gasteiger partial charge in [-0.05, 0) is 55.3 Å². The molecule has 198 valence electrons. The number of piperazine rings is 1. The van der Waals surface area contributed by atoms with E-state index in [0.717, 1.165) is 86.6 Å². The van der Waals surface area contributed by atoms with Crippen LogP contribution >= 0.6 is 11.6 Å². The molecule has 0 atom stereocenters. The van der Waals surface area contributed by atoms with Crippen LogP contribution in [0.25, 0.3) is 0 Å². The highest BCUT2D eigenvalue weighted by molar-refractivity contribution is 6.33. The van der Waals surface area contributed by atoms with E-state index in [0.29, 0.717) is 12.1 Å². The van der Waals surface area contributed by atoms with E-state index in [9.17, 15) is 10.1 Å². The van der Waals surface area contributed by atoms with Gasteiger partial charge < -0.3 is 19.3 Å². The standard InChI is InChI=1S/C30H35ClN6O/c1-23-25(22-34-13-15-36(16-14-34)28-10-4-3-9-27(28)31)20-29(33(23)2)30(38)37-12-6-11-35(17-18-37)26-8-5-7-24(19-26)21-32/h3-5,7-10,19-20H,6,11-18,22H2,1-2H3. The van der Waals surface area contributed by atoms with E-state index < -0.39 is 0 Å². The molecule has 2 fully saturated rings. The number of rotatable bonds is 5. The van der Waals surface area contributed by atoms with Gasteiger partial charge in [0.15, 0.2) is 0 Å². The molecule has 2 saturated heterocycles. The molecule has 1 aromatic heterocycles. The van der Waals surface area contributed by atoms with Gasteiger partial charge in [0.25, 0.3) is 5.91 Å². The molecule has 8 heteroatoms. The second-order valence-electron chi connectivity index (χ2n) is 10.2. The molecule has 3 aromatic rings. The van der Waals surface area contributed by atoms with Crippen molar-refractivity contribution in [2.24, 2.45) is 7.05 Å². The number of benzene rings is 2. The van der Waals surface area contributed by atoms with Crippen LogP contribution in [0.5, 0.6) is 0 Å². The zero-order chi connectivity index (χ0) is 26.6. The predicted molar refractivity (Wildman–Crippen MR) is 153 cm³/mol. The predicted octanol–water partition coefficient (Wildman–Crippen LogP) is 4.53. The largest absolute Gasteiger partial charge is 0.370 e. The first-order valence-electron chi connectivity index (χ1n) is 13.4. The maximum absolute atomic E-state index is 13.6. The Hall–Kier alpha value is -3.47. The van der Waals surface area contributed by atoms with E-state index in [1.54, 1.807) is 0 Å². The second-order valence-corrected chi connectivity index (χ2v) is 10.6. The number of nitrogens with zero attached hydrogens (tertiary/aromatic N) is 6. The molecule has 2 aromatic carbocycles. The van der Waals surface area contributed by atoms with Gasteiger partial charge >= 0.3 is 0 Å². The Kier molecular flexibility index (Phi) is 7.92. The summed E-state index contributed by atoms with van der Waals surface area (Å²) >= 11 is 6.41. The van der Waals surface area contributed by atoms with Gasteiger partial charge in [0.1, 0.15) is 5.69 Å². The topological polar surface area (TPSA) is 58.8 Å². The van der Waals surface area contributed by atoms with E-state index >= 15 is 0 Å². The monoisotopic (exact) mass is 530 g/mol. The average molecular weight is 531 g/mol. The van der Waals surface area contributed by atoms with Gasteiger partial charge in [0, 0.05) is 77.3 Å². The molecule has 2 aliphatic heterocycles. The molecule has 0 aliphatic carbocycles. The van der Waals surface area contributed by atoms with Gasteiger partial charge in [-0.15, -0.1) is 0 Å². The minimum atomic E-state index is 0.0954. The SMILES string of the molecule is Cc1c(CN2CCN(c3ccccc3Cl)CC2)cc(C(=O)N2CCCN(c3cccc(C#N)c3)CC2)n1C. The molecule has 38 heavy (non-hydrogen) atoms. The lowest BCUT2D eigenvalue weighted by molar-refractivity contribution is 0.0757. The van der Waals surface area contributed by atoms with E-state index in [1.807, 2.05) is 54.4 Å². The Morgan fingerprint density at radius 1 is 0.921 bits per heavy atom. The first kappa shape index (κ1) is 26.1. The number of carbonyl (C=O) groups is 1. The van der Waals surface area contributed by atoms with Crippen molar-refractivity contribution in [2.45, 2.75) is 19.9 Å². The summed E-state index contributed by atoms with van der Waals surface area (Å²) in [6, 6.07) is 20.1. The molecule has 0 N–H and O–H groups in total. The van der Waals surface area contributed by atoms with Crippen molar-refractivity contribution in [3.8, 4) is 6.07 Å². The van der Waals surface area contributed by atoms with Crippen LogP contribution in [0.4, 0.5) is 11.4 Å². The number of para-hydroxylation sites is 1. The van der Waals surface area contributed by atoms with Crippen LogP contribution in [0.1, 0.15) is 33.7 Å². The molecule has 0 bridgehead atoms. The number of aromatic nitrogens is 1. The summed E-state index contributed by atoms with van der Waals surface area (Å²) < 4.78 is 2.05. The van der Waals surface area contributed by atoms with Gasteiger partial charge in [0.05, 0.1) is 22.3 Å². The highest BCUT2D eigenvalue weighted by atomic mass is 35.5. The summed E-state index contributed by atoms with van der Waals surface area (Å²) in [5.74, 6) is 0.0954. The Morgan fingerprint density at radius 2 is 1.68 bits per heavy atom. The summed E-state index contributed by atoms with van der Waals surface area (Å²) in [7, 11) is 2.00. The lowest BCUT2D eigenvalue weighted by Crippen LogP contribution is -2.46. The molecule has 0 unspecified atom stereocenters. The van der Waals surface area contributed by atoms with Crippen molar-refractivity contribution >= 4 is 28.9 Å². The quantitative estimate of drug-likeness (QED) is 0.485. The molecular weight excluding hydrogens is 496 g/mol. The fraction of sp³-hybridized carbons (Fsp3) is 0.400. The third-order valence-electron chi connectivity index (χ3n) is 7.94. The van der Waals surface area contributed by atoms with E-state index in [2.05, 4.69) is 44.4 Å². The zero-order valence-corrected chi connectivity index (χ0v) is 23.0. The summed E-state index contributed by atoms with van der Waals surface area (Å²) in [5.41, 5.74) is 5.93. The minimum absolute atomic E-state index is 0.0954. The average Bonchev–Trinajstić information content (AvgIpc) is 3.11. The highest BCUT2D eigenvalue weighted by Crippen LogP contribution is 2.27. The molecule has 3 heterocycles. The summed E-state index contributed by atoms with van der Waals surface area (Å²) in [5, 5.41) is 10.0. The summed E-state index contributed by atoms with van der Waals surface area (Å²) in [4.78, 5) is 22.7. The van der Waals surface area contributed by atoms with Gasteiger partial charge in [-0.1, -0.05) is 29.8 Å². The maximum atomic E-state index is 13.6. The Morgan fingerprint density at radius 3 is 2.45 bits per heavy atom. The lowest BCUT2D eigenvalue weighted by Gasteiger charge is -2.36. The molecule has 7 nitrogen and oxygen atoms in total. The van der Waals surface area contributed by atoms with Crippen molar-refractivity contribution in [2.75, 3.05) is 62.2 Å². The summed E-state index contributed by atoms with van der Waals surface area (Å²) in [6.45, 7) is 9.76. The van der Waals surface area contributed by atoms with Crippen molar-refractivity contribution in [3.05, 3.63) is 82.1 Å². The van der Waals surface area contributed by atoms with Gasteiger partial charge in [-0.25, -0.2) is 0 Å². The molecule has 0 saturated carbocycles. The Bertz CT molecular complexity index is 1340. The number of halogens is 1. The molecule has 5 rings (SSSR count). The van der Waals surface area contributed by atoms with Crippen molar-refractivity contribution < 1.29 is 4.79 Å². The van der Waals surface area contributed by atoms with Crippen LogP contribution in [-0.2, 0) is 13.6 Å². The first-order chi connectivity index (χ1) is 18.4. The van der Waals surface area contributed by atoms with Crippen LogP contribution in [0.15, 0.2) is 54.6 Å². The van der Waals surface area contributed by atoms with Gasteiger partial charge in [-0.3, -0.25) is 9.69 Å². The van der Waals surface area contributed by atoms with Crippen LogP contribution < -0.4 is 9.80 Å². The third-order valence-corrected chi connectivity index (χ3v) is 8.26. The fourth-order valence-electron chi connectivity index (χ4n) is 5.54. The molecule has 0 radical (unpaired) electrons. The van der Waals surface area contributed by atoms with Crippen molar-refractivity contribution in [3.63, 3.8) is 0 Å². The van der Waals surface area contributed by atoms with E-state index in [-0.39, 0.29) is 5.91 Å². The fourth-order valence-corrected chi connectivity index (χ4v) is 5.79. The maximum Gasteiger partial charge on any atom is 0.270 e. The number of carbonyl (C=O) groups excluding carboxylic acids is 1. The molecular formula is C30H35ClN6O. The van der Waals surface area contributed by atoms with E-state index in [1.165, 1.54) is 5.56 Å². The zero-order valence-electron chi connectivity index (χ0n) is 22.2. The summed E-state index contributed by atoms with van der Waals surface area (Å²) in [6.07, 6.45) is 0.897. The van der Waals surface area contributed by atoms with Crippen LogP contribution in [0.2, 0.25) is 5.02 Å². The lowest BCUT2D eigenvalue weighted by atomic mass is 10.2. The normalized spacial score (nSPS) is 16.8. The van der Waals surface area contributed by atoms with Gasteiger partial charge in [-0.2, -0.15) is 5.26 Å². The molecule has 2 aliphatic rings. The number of anilines is 2.